The highest BCUT2D eigenvalue weighted by Crippen LogP contribution is 2.26. The van der Waals surface area contributed by atoms with E-state index < -0.39 is 0 Å². The Balaban J connectivity index is 0.000000944. The van der Waals surface area contributed by atoms with E-state index in [2.05, 4.69) is 59.4 Å². The van der Waals surface area contributed by atoms with E-state index in [-0.39, 0.29) is 0 Å². The standard InChI is InChI=1S/C24H25NO2.C2H6O.C2H6/c1-18-15-22(10-13-24(18)25-2)21-7-3-5-20(16-21)17-27-23-11-8-19(9-12-23)6-4-14-26;1-3-2;1-2/h3,5,7-16,25H,4,6,17H2,1-2H3;1-2H3;1-2H3. The Bertz CT molecular complexity index is 920. The molecule has 0 atom stereocenters. The van der Waals surface area contributed by atoms with Crippen LogP contribution in [0.25, 0.3) is 11.1 Å². The Hall–Kier alpha value is -3.11. The van der Waals surface area contributed by atoms with Crippen LogP contribution in [0, 0.1) is 6.92 Å². The lowest BCUT2D eigenvalue weighted by molar-refractivity contribution is -0.107. The van der Waals surface area contributed by atoms with Gasteiger partial charge in [-0.3, -0.25) is 0 Å². The van der Waals surface area contributed by atoms with Gasteiger partial charge in [0.2, 0.25) is 0 Å². The number of methoxy groups -OCH3 is 1. The highest BCUT2D eigenvalue weighted by Gasteiger charge is 2.04. The fourth-order valence-corrected chi connectivity index (χ4v) is 3.11. The molecule has 0 aliphatic carbocycles. The molecule has 0 radical (unpaired) electrons. The maximum atomic E-state index is 10.5. The summed E-state index contributed by atoms with van der Waals surface area (Å²) in [5.74, 6) is 0.837. The summed E-state index contributed by atoms with van der Waals surface area (Å²) < 4.78 is 10.2. The van der Waals surface area contributed by atoms with Crippen LogP contribution in [-0.2, 0) is 22.6 Å². The van der Waals surface area contributed by atoms with Gasteiger partial charge in [-0.05, 0) is 71.5 Å². The van der Waals surface area contributed by atoms with Crippen LogP contribution in [0.4, 0.5) is 5.69 Å². The third kappa shape index (κ3) is 8.94. The van der Waals surface area contributed by atoms with Crippen LogP contribution in [0.5, 0.6) is 5.75 Å². The first-order chi connectivity index (χ1) is 15.6. The van der Waals surface area contributed by atoms with E-state index in [1.165, 1.54) is 16.7 Å². The molecule has 0 aliphatic rings. The van der Waals surface area contributed by atoms with Gasteiger partial charge in [0.25, 0.3) is 0 Å². The molecule has 172 valence electrons. The Morgan fingerprint density at radius 1 is 0.875 bits per heavy atom. The zero-order valence-corrected chi connectivity index (χ0v) is 20.3. The first-order valence-corrected chi connectivity index (χ1v) is 11.0. The predicted octanol–water partition coefficient (Wildman–Crippen LogP) is 6.70. The van der Waals surface area contributed by atoms with Gasteiger partial charge in [-0.25, -0.2) is 0 Å². The topological polar surface area (TPSA) is 47.6 Å². The molecule has 1 N–H and O–H groups in total. The summed E-state index contributed by atoms with van der Waals surface area (Å²) in [4.78, 5) is 10.5. The number of nitrogens with one attached hydrogen (secondary N) is 1. The zero-order valence-electron chi connectivity index (χ0n) is 20.3. The lowest BCUT2D eigenvalue weighted by atomic mass is 10.0. The largest absolute Gasteiger partial charge is 0.489 e. The molecule has 3 aromatic carbocycles. The molecule has 0 bridgehead atoms. The third-order valence-corrected chi connectivity index (χ3v) is 4.64. The number of aryl methyl sites for hydroxylation is 2. The van der Waals surface area contributed by atoms with Crippen LogP contribution in [-0.4, -0.2) is 27.6 Å². The lowest BCUT2D eigenvalue weighted by Crippen LogP contribution is -1.96. The van der Waals surface area contributed by atoms with Gasteiger partial charge < -0.3 is 19.6 Å². The molecule has 0 saturated carbocycles. The van der Waals surface area contributed by atoms with Gasteiger partial charge in [-0.15, -0.1) is 0 Å². The van der Waals surface area contributed by atoms with E-state index in [0.717, 1.165) is 35.3 Å². The maximum Gasteiger partial charge on any atom is 0.120 e. The first-order valence-electron chi connectivity index (χ1n) is 11.0. The second-order valence-corrected chi connectivity index (χ2v) is 7.03. The molecule has 32 heavy (non-hydrogen) atoms. The van der Waals surface area contributed by atoms with Crippen LogP contribution in [0.15, 0.2) is 66.7 Å². The Morgan fingerprint density at radius 2 is 1.53 bits per heavy atom. The van der Waals surface area contributed by atoms with Crippen molar-refractivity contribution in [3.05, 3.63) is 83.4 Å². The fraction of sp³-hybridized carbons (Fsp3) is 0.321. The molecule has 0 aromatic heterocycles. The summed E-state index contributed by atoms with van der Waals surface area (Å²) >= 11 is 0. The normalized spacial score (nSPS) is 9.56. The van der Waals surface area contributed by atoms with E-state index in [0.29, 0.717) is 13.0 Å². The fourth-order valence-electron chi connectivity index (χ4n) is 3.11. The minimum atomic E-state index is 0.523. The second kappa shape index (κ2) is 15.7. The van der Waals surface area contributed by atoms with Crippen molar-refractivity contribution in [2.75, 3.05) is 26.6 Å². The average molecular weight is 436 g/mol. The Labute approximate surface area is 193 Å². The predicted molar refractivity (Wildman–Crippen MR) is 136 cm³/mol. The van der Waals surface area contributed by atoms with Crippen molar-refractivity contribution >= 4 is 12.0 Å². The number of ether oxygens (including phenoxy) is 2. The molecule has 0 saturated heterocycles. The van der Waals surface area contributed by atoms with Crippen molar-refractivity contribution in [2.24, 2.45) is 0 Å². The monoisotopic (exact) mass is 435 g/mol. The number of hydrogen-bond donors (Lipinski definition) is 1. The summed E-state index contributed by atoms with van der Waals surface area (Å²) in [7, 11) is 5.19. The maximum absolute atomic E-state index is 10.5. The van der Waals surface area contributed by atoms with Crippen LogP contribution in [0.2, 0.25) is 0 Å². The van der Waals surface area contributed by atoms with Gasteiger partial charge >= 0.3 is 0 Å². The SMILES string of the molecule is CC.CNc1ccc(-c2cccc(COc3ccc(CCC=O)cc3)c2)cc1C.COC. The average Bonchev–Trinajstić information content (AvgIpc) is 2.84. The van der Waals surface area contributed by atoms with Gasteiger partial charge in [-0.1, -0.05) is 50.2 Å². The summed E-state index contributed by atoms with van der Waals surface area (Å²) in [5, 5.41) is 3.20. The Kier molecular flexibility index (Phi) is 13.2. The van der Waals surface area contributed by atoms with Gasteiger partial charge in [-0.2, -0.15) is 0 Å². The molecule has 4 heteroatoms. The van der Waals surface area contributed by atoms with E-state index in [9.17, 15) is 4.79 Å². The van der Waals surface area contributed by atoms with Gasteiger partial charge in [0.15, 0.2) is 0 Å². The Morgan fingerprint density at radius 3 is 2.12 bits per heavy atom. The van der Waals surface area contributed by atoms with E-state index in [1.807, 2.05) is 45.2 Å². The molecule has 3 rings (SSSR count). The summed E-state index contributed by atoms with van der Waals surface area (Å²) in [6, 6.07) is 22.8. The minimum absolute atomic E-state index is 0.523. The van der Waals surface area contributed by atoms with E-state index in [4.69, 9.17) is 4.74 Å². The van der Waals surface area contributed by atoms with Crippen molar-refractivity contribution in [2.45, 2.75) is 40.2 Å². The van der Waals surface area contributed by atoms with Crippen molar-refractivity contribution in [3.8, 4) is 16.9 Å². The van der Waals surface area contributed by atoms with Gasteiger partial charge in [0.05, 0.1) is 0 Å². The zero-order chi connectivity index (χ0) is 23.8. The minimum Gasteiger partial charge on any atom is -0.489 e. The van der Waals surface area contributed by atoms with Crippen molar-refractivity contribution in [1.29, 1.82) is 0 Å². The van der Waals surface area contributed by atoms with Crippen LogP contribution in [0.1, 0.15) is 37.0 Å². The second-order valence-electron chi connectivity index (χ2n) is 7.03. The highest BCUT2D eigenvalue weighted by atomic mass is 16.5. The molecule has 0 spiro atoms. The summed E-state index contributed by atoms with van der Waals surface area (Å²) in [5.41, 5.74) is 7.05. The first kappa shape index (κ1) is 26.9. The summed E-state index contributed by atoms with van der Waals surface area (Å²) in [6.07, 6.45) is 2.28. The number of aldehydes is 1. The molecular formula is C28H37NO3. The molecule has 0 fully saturated rings. The number of anilines is 1. The molecule has 0 amide bonds. The molecule has 0 unspecified atom stereocenters. The van der Waals surface area contributed by atoms with Gasteiger partial charge in [0, 0.05) is 33.4 Å². The van der Waals surface area contributed by atoms with Crippen LogP contribution >= 0.6 is 0 Å². The number of rotatable bonds is 8. The van der Waals surface area contributed by atoms with Crippen molar-refractivity contribution in [1.82, 2.24) is 0 Å². The molecule has 3 aromatic rings. The third-order valence-electron chi connectivity index (χ3n) is 4.64. The summed E-state index contributed by atoms with van der Waals surface area (Å²) in [6.45, 7) is 6.64. The quantitative estimate of drug-likeness (QED) is 0.400. The molecule has 4 nitrogen and oxygen atoms in total. The lowest BCUT2D eigenvalue weighted by Gasteiger charge is -2.11. The molecule has 0 heterocycles. The number of benzene rings is 3. The molecular weight excluding hydrogens is 398 g/mol. The number of carbonyl (C=O) groups is 1. The van der Waals surface area contributed by atoms with Crippen LogP contribution < -0.4 is 10.1 Å². The van der Waals surface area contributed by atoms with Crippen molar-refractivity contribution in [3.63, 3.8) is 0 Å². The number of carbonyl (C=O) groups excluding carboxylic acids is 1. The van der Waals surface area contributed by atoms with Gasteiger partial charge in [0.1, 0.15) is 18.6 Å². The van der Waals surface area contributed by atoms with Crippen LogP contribution in [0.3, 0.4) is 0 Å². The molecule has 0 aliphatic heterocycles. The van der Waals surface area contributed by atoms with Crippen molar-refractivity contribution < 1.29 is 14.3 Å². The van der Waals surface area contributed by atoms with E-state index >= 15 is 0 Å². The highest BCUT2D eigenvalue weighted by molar-refractivity contribution is 5.68. The smallest absolute Gasteiger partial charge is 0.120 e. The number of hydrogen-bond acceptors (Lipinski definition) is 4. The van der Waals surface area contributed by atoms with E-state index in [1.54, 1.807) is 14.2 Å².